The Morgan fingerprint density at radius 2 is 2.31 bits per heavy atom. The summed E-state index contributed by atoms with van der Waals surface area (Å²) in [7, 11) is 0. The summed E-state index contributed by atoms with van der Waals surface area (Å²) in [6.45, 7) is 1.02. The lowest BCUT2D eigenvalue weighted by Crippen LogP contribution is -2.05. The molecule has 0 aliphatic rings. The van der Waals surface area contributed by atoms with Crippen molar-refractivity contribution in [3.8, 4) is 0 Å². The maximum absolute atomic E-state index is 8.53. The van der Waals surface area contributed by atoms with Crippen LogP contribution in [0.15, 0.2) is 12.3 Å². The molecule has 0 radical (unpaired) electrons. The number of anilines is 2. The van der Waals surface area contributed by atoms with E-state index in [-0.39, 0.29) is 12.6 Å². The van der Waals surface area contributed by atoms with Crippen molar-refractivity contribution in [2.45, 2.75) is 12.8 Å². The van der Waals surface area contributed by atoms with Crippen molar-refractivity contribution < 1.29 is 5.11 Å². The molecule has 0 amide bonds. The molecular formula is C8H14N4O. The van der Waals surface area contributed by atoms with Gasteiger partial charge in [0.1, 0.15) is 5.82 Å². The molecule has 0 fully saturated rings. The summed E-state index contributed by atoms with van der Waals surface area (Å²) in [6.07, 6.45) is 3.32. The minimum absolute atomic E-state index is 0.230. The summed E-state index contributed by atoms with van der Waals surface area (Å²) in [6, 6.07) is 1.76. The van der Waals surface area contributed by atoms with Crippen LogP contribution in [0.1, 0.15) is 12.8 Å². The van der Waals surface area contributed by atoms with E-state index in [4.69, 9.17) is 10.8 Å². The van der Waals surface area contributed by atoms with Crippen LogP contribution in [0.5, 0.6) is 0 Å². The van der Waals surface area contributed by atoms with Gasteiger partial charge in [0.05, 0.1) is 0 Å². The van der Waals surface area contributed by atoms with Crippen molar-refractivity contribution in [2.75, 3.05) is 24.2 Å². The summed E-state index contributed by atoms with van der Waals surface area (Å²) >= 11 is 0. The van der Waals surface area contributed by atoms with E-state index < -0.39 is 0 Å². The van der Waals surface area contributed by atoms with Gasteiger partial charge < -0.3 is 16.2 Å². The summed E-state index contributed by atoms with van der Waals surface area (Å²) < 4.78 is 0. The van der Waals surface area contributed by atoms with Gasteiger partial charge in [-0.25, -0.2) is 4.98 Å². The summed E-state index contributed by atoms with van der Waals surface area (Å²) in [5.41, 5.74) is 5.39. The Hall–Kier alpha value is -1.36. The number of hydrogen-bond donors (Lipinski definition) is 3. The van der Waals surface area contributed by atoms with Gasteiger partial charge in [-0.2, -0.15) is 4.98 Å². The zero-order valence-corrected chi connectivity index (χ0v) is 7.40. The number of nitrogens with zero attached hydrogens (tertiary/aromatic N) is 2. The second-order valence-corrected chi connectivity index (χ2v) is 2.66. The number of unbranched alkanes of at least 4 members (excludes halogenated alkanes) is 1. The van der Waals surface area contributed by atoms with Crippen LogP contribution in [0.25, 0.3) is 0 Å². The van der Waals surface area contributed by atoms with Gasteiger partial charge in [-0.3, -0.25) is 0 Å². The van der Waals surface area contributed by atoms with Crippen LogP contribution in [0, 0.1) is 0 Å². The number of nitrogen functional groups attached to an aromatic ring is 1. The van der Waals surface area contributed by atoms with Crippen LogP contribution < -0.4 is 11.1 Å². The van der Waals surface area contributed by atoms with Crippen molar-refractivity contribution in [3.05, 3.63) is 12.3 Å². The minimum atomic E-state index is 0.230. The van der Waals surface area contributed by atoms with Gasteiger partial charge >= 0.3 is 0 Å². The third-order valence-corrected chi connectivity index (χ3v) is 1.57. The monoisotopic (exact) mass is 182 g/mol. The molecule has 1 heterocycles. The van der Waals surface area contributed by atoms with E-state index in [0.29, 0.717) is 0 Å². The topological polar surface area (TPSA) is 84.1 Å². The largest absolute Gasteiger partial charge is 0.396 e. The number of nitrogens with two attached hydrogens (primary N) is 1. The SMILES string of the molecule is Nc1nccc(NCCCCO)n1. The average molecular weight is 182 g/mol. The Labute approximate surface area is 77.0 Å². The second kappa shape index (κ2) is 5.31. The van der Waals surface area contributed by atoms with E-state index in [1.807, 2.05) is 0 Å². The number of hydrogen-bond acceptors (Lipinski definition) is 5. The van der Waals surface area contributed by atoms with Crippen molar-refractivity contribution in [3.63, 3.8) is 0 Å². The molecule has 4 N–H and O–H groups in total. The molecule has 0 aromatic carbocycles. The number of aliphatic hydroxyl groups excluding tert-OH is 1. The molecule has 0 atom stereocenters. The van der Waals surface area contributed by atoms with Crippen LogP contribution in [0.3, 0.4) is 0 Å². The van der Waals surface area contributed by atoms with Crippen LogP contribution >= 0.6 is 0 Å². The van der Waals surface area contributed by atoms with Gasteiger partial charge in [-0.05, 0) is 18.9 Å². The van der Waals surface area contributed by atoms with Crippen LogP contribution in [0.2, 0.25) is 0 Å². The Bertz CT molecular complexity index is 254. The number of aromatic nitrogens is 2. The molecule has 0 saturated carbocycles. The predicted molar refractivity (Wildman–Crippen MR) is 51.3 cm³/mol. The first kappa shape index (κ1) is 9.73. The quantitative estimate of drug-likeness (QED) is 0.568. The standard InChI is InChI=1S/C8H14N4O/c9-8-11-5-3-7(12-8)10-4-1-2-6-13/h3,5,13H,1-2,4,6H2,(H3,9,10,11,12). The Morgan fingerprint density at radius 3 is 3.00 bits per heavy atom. The minimum Gasteiger partial charge on any atom is -0.396 e. The van der Waals surface area contributed by atoms with Crippen LogP contribution in [0.4, 0.5) is 11.8 Å². The summed E-state index contributed by atoms with van der Waals surface area (Å²) in [5, 5.41) is 11.6. The normalized spacial score (nSPS) is 9.92. The van der Waals surface area contributed by atoms with Gasteiger partial charge in [0, 0.05) is 19.3 Å². The fourth-order valence-electron chi connectivity index (χ4n) is 0.925. The maximum Gasteiger partial charge on any atom is 0.221 e. The van der Waals surface area contributed by atoms with Gasteiger partial charge in [-0.1, -0.05) is 0 Å². The number of rotatable bonds is 5. The van der Waals surface area contributed by atoms with E-state index in [1.54, 1.807) is 12.3 Å². The van der Waals surface area contributed by atoms with Crippen molar-refractivity contribution in [1.82, 2.24) is 9.97 Å². The van der Waals surface area contributed by atoms with Crippen molar-refractivity contribution in [1.29, 1.82) is 0 Å². The fourth-order valence-corrected chi connectivity index (χ4v) is 0.925. The molecule has 0 aliphatic heterocycles. The molecule has 0 bridgehead atoms. The lowest BCUT2D eigenvalue weighted by Gasteiger charge is -2.03. The van der Waals surface area contributed by atoms with E-state index in [9.17, 15) is 0 Å². The first-order valence-corrected chi connectivity index (χ1v) is 4.26. The lowest BCUT2D eigenvalue weighted by atomic mass is 10.3. The first-order chi connectivity index (χ1) is 6.33. The summed E-state index contributed by atoms with van der Waals surface area (Å²) in [4.78, 5) is 7.73. The van der Waals surface area contributed by atoms with Crippen molar-refractivity contribution >= 4 is 11.8 Å². The van der Waals surface area contributed by atoms with Gasteiger partial charge in [0.25, 0.3) is 0 Å². The predicted octanol–water partition coefficient (Wildman–Crippen LogP) is 0.243. The molecule has 72 valence electrons. The molecule has 0 aliphatic carbocycles. The molecule has 1 rings (SSSR count). The third-order valence-electron chi connectivity index (χ3n) is 1.57. The van der Waals surface area contributed by atoms with E-state index in [0.717, 1.165) is 25.2 Å². The first-order valence-electron chi connectivity index (χ1n) is 4.26. The highest BCUT2D eigenvalue weighted by molar-refractivity contribution is 5.36. The van der Waals surface area contributed by atoms with E-state index >= 15 is 0 Å². The highest BCUT2D eigenvalue weighted by atomic mass is 16.2. The maximum atomic E-state index is 8.53. The zero-order chi connectivity index (χ0) is 9.52. The van der Waals surface area contributed by atoms with Gasteiger partial charge in [0.2, 0.25) is 5.95 Å². The second-order valence-electron chi connectivity index (χ2n) is 2.66. The molecule has 0 spiro atoms. The average Bonchev–Trinajstić information content (AvgIpc) is 2.13. The Kier molecular flexibility index (Phi) is 3.98. The highest BCUT2D eigenvalue weighted by Crippen LogP contribution is 2.02. The molecule has 5 nitrogen and oxygen atoms in total. The zero-order valence-electron chi connectivity index (χ0n) is 7.40. The van der Waals surface area contributed by atoms with Crippen LogP contribution in [-0.4, -0.2) is 28.2 Å². The van der Waals surface area contributed by atoms with Gasteiger partial charge in [0.15, 0.2) is 0 Å². The smallest absolute Gasteiger partial charge is 0.221 e. The molecule has 0 saturated heterocycles. The molecular weight excluding hydrogens is 168 g/mol. The summed E-state index contributed by atoms with van der Waals surface area (Å²) in [5.74, 6) is 0.998. The molecule has 5 heteroatoms. The van der Waals surface area contributed by atoms with Crippen LogP contribution in [-0.2, 0) is 0 Å². The van der Waals surface area contributed by atoms with Crippen molar-refractivity contribution in [2.24, 2.45) is 0 Å². The molecule has 0 unspecified atom stereocenters. The molecule has 13 heavy (non-hydrogen) atoms. The van der Waals surface area contributed by atoms with E-state index in [1.165, 1.54) is 0 Å². The Morgan fingerprint density at radius 1 is 1.46 bits per heavy atom. The molecule has 1 aromatic heterocycles. The van der Waals surface area contributed by atoms with E-state index in [2.05, 4.69) is 15.3 Å². The molecule has 1 aromatic rings. The van der Waals surface area contributed by atoms with Gasteiger partial charge in [-0.15, -0.1) is 0 Å². The Balaban J connectivity index is 2.28. The highest BCUT2D eigenvalue weighted by Gasteiger charge is 1.93. The third kappa shape index (κ3) is 3.71. The number of aliphatic hydroxyl groups is 1. The lowest BCUT2D eigenvalue weighted by molar-refractivity contribution is 0.286. The number of nitrogens with one attached hydrogen (secondary N) is 1. The fraction of sp³-hybridized carbons (Fsp3) is 0.500.